The van der Waals surface area contributed by atoms with Crippen LogP contribution in [0.2, 0.25) is 0 Å². The van der Waals surface area contributed by atoms with Gasteiger partial charge < -0.3 is 5.73 Å². The Labute approximate surface area is 118 Å². The molecule has 1 heterocycles. The van der Waals surface area contributed by atoms with Crippen LogP contribution in [0.3, 0.4) is 0 Å². The lowest BCUT2D eigenvalue weighted by molar-refractivity contribution is 0.191. The Bertz CT molecular complexity index is 423. The standard InChI is InChI=1S/C14H24BrN3/c1-9(2)18-13(11(15)8-17-18)10-7-14(3,4)6-5-12(10)16/h8-10,12H,5-7,16H2,1-4H3. The van der Waals surface area contributed by atoms with Gasteiger partial charge in [-0.2, -0.15) is 5.10 Å². The highest BCUT2D eigenvalue weighted by molar-refractivity contribution is 9.10. The van der Waals surface area contributed by atoms with Crippen molar-refractivity contribution in [2.75, 3.05) is 0 Å². The fraction of sp³-hybridized carbons (Fsp3) is 0.786. The van der Waals surface area contributed by atoms with E-state index in [4.69, 9.17) is 5.73 Å². The average molecular weight is 314 g/mol. The summed E-state index contributed by atoms with van der Waals surface area (Å²) in [7, 11) is 0. The first-order chi connectivity index (χ1) is 8.32. The lowest BCUT2D eigenvalue weighted by Crippen LogP contribution is -2.39. The quantitative estimate of drug-likeness (QED) is 0.901. The third-order valence-corrected chi connectivity index (χ3v) is 4.68. The summed E-state index contributed by atoms with van der Waals surface area (Å²) in [6.45, 7) is 9.02. The molecule has 1 aliphatic carbocycles. The van der Waals surface area contributed by atoms with E-state index in [1.165, 1.54) is 12.1 Å². The summed E-state index contributed by atoms with van der Waals surface area (Å²) in [6, 6.07) is 0.632. The Kier molecular flexibility index (Phi) is 3.88. The smallest absolute Gasteiger partial charge is 0.0635 e. The summed E-state index contributed by atoms with van der Waals surface area (Å²) in [5.74, 6) is 0.410. The molecular formula is C14H24BrN3. The lowest BCUT2D eigenvalue weighted by atomic mass is 9.69. The van der Waals surface area contributed by atoms with E-state index in [-0.39, 0.29) is 6.04 Å². The van der Waals surface area contributed by atoms with Gasteiger partial charge in [0.2, 0.25) is 0 Å². The summed E-state index contributed by atoms with van der Waals surface area (Å²) in [5.41, 5.74) is 8.03. The molecule has 1 fully saturated rings. The largest absolute Gasteiger partial charge is 0.327 e. The first-order valence-electron chi connectivity index (χ1n) is 6.80. The van der Waals surface area contributed by atoms with Gasteiger partial charge in [0.25, 0.3) is 0 Å². The highest BCUT2D eigenvalue weighted by Crippen LogP contribution is 2.44. The van der Waals surface area contributed by atoms with Crippen LogP contribution in [0, 0.1) is 5.41 Å². The number of aromatic nitrogens is 2. The van der Waals surface area contributed by atoms with Crippen LogP contribution >= 0.6 is 15.9 Å². The maximum Gasteiger partial charge on any atom is 0.0635 e. The predicted octanol–water partition coefficient (Wildman–Crippen LogP) is 3.85. The number of hydrogen-bond donors (Lipinski definition) is 1. The summed E-state index contributed by atoms with van der Waals surface area (Å²) in [4.78, 5) is 0. The molecule has 0 bridgehead atoms. The minimum absolute atomic E-state index is 0.253. The Morgan fingerprint density at radius 2 is 2.17 bits per heavy atom. The molecule has 2 unspecified atom stereocenters. The van der Waals surface area contributed by atoms with E-state index < -0.39 is 0 Å². The number of halogens is 1. The van der Waals surface area contributed by atoms with Crippen LogP contribution in [-0.2, 0) is 0 Å². The second-order valence-corrected chi connectivity index (χ2v) is 7.45. The maximum absolute atomic E-state index is 6.37. The minimum atomic E-state index is 0.253. The molecule has 0 amide bonds. The third kappa shape index (κ3) is 2.64. The van der Waals surface area contributed by atoms with Gasteiger partial charge in [-0.15, -0.1) is 0 Å². The van der Waals surface area contributed by atoms with E-state index >= 15 is 0 Å². The first kappa shape index (κ1) is 14.1. The van der Waals surface area contributed by atoms with Gasteiger partial charge in [-0.25, -0.2) is 0 Å². The van der Waals surface area contributed by atoms with Gasteiger partial charge in [-0.05, 0) is 54.5 Å². The van der Waals surface area contributed by atoms with E-state index in [1.807, 2.05) is 6.20 Å². The van der Waals surface area contributed by atoms with Crippen molar-refractivity contribution in [1.82, 2.24) is 9.78 Å². The van der Waals surface area contributed by atoms with Crippen LogP contribution in [0.25, 0.3) is 0 Å². The molecule has 0 aliphatic heterocycles. The molecule has 0 aromatic carbocycles. The molecule has 1 aromatic rings. The molecule has 102 valence electrons. The topological polar surface area (TPSA) is 43.8 Å². The van der Waals surface area contributed by atoms with Crippen LogP contribution in [0.4, 0.5) is 0 Å². The van der Waals surface area contributed by atoms with Crippen LogP contribution < -0.4 is 5.73 Å². The predicted molar refractivity (Wildman–Crippen MR) is 78.7 cm³/mol. The van der Waals surface area contributed by atoms with Gasteiger partial charge >= 0.3 is 0 Å². The van der Waals surface area contributed by atoms with Crippen molar-refractivity contribution in [2.24, 2.45) is 11.1 Å². The highest BCUT2D eigenvalue weighted by Gasteiger charge is 2.36. The van der Waals surface area contributed by atoms with Gasteiger partial charge in [0, 0.05) is 18.0 Å². The summed E-state index contributed by atoms with van der Waals surface area (Å²) in [6.07, 6.45) is 5.38. The monoisotopic (exact) mass is 313 g/mol. The van der Waals surface area contributed by atoms with Crippen LogP contribution in [0.5, 0.6) is 0 Å². The molecule has 2 N–H and O–H groups in total. The zero-order chi connectivity index (χ0) is 13.5. The molecule has 1 aliphatic rings. The van der Waals surface area contributed by atoms with E-state index in [0.717, 1.165) is 17.3 Å². The van der Waals surface area contributed by atoms with Crippen LogP contribution in [0.1, 0.15) is 64.6 Å². The van der Waals surface area contributed by atoms with Gasteiger partial charge in [0.05, 0.1) is 16.4 Å². The Hall–Kier alpha value is -0.350. The van der Waals surface area contributed by atoms with Gasteiger partial charge in [-0.3, -0.25) is 4.68 Å². The molecule has 18 heavy (non-hydrogen) atoms. The number of rotatable bonds is 2. The molecule has 4 heteroatoms. The van der Waals surface area contributed by atoms with Crippen molar-refractivity contribution >= 4 is 15.9 Å². The fourth-order valence-corrected chi connectivity index (χ4v) is 3.58. The molecule has 1 saturated carbocycles. The second kappa shape index (κ2) is 4.97. The van der Waals surface area contributed by atoms with Crippen molar-refractivity contribution in [3.05, 3.63) is 16.4 Å². The van der Waals surface area contributed by atoms with Crippen molar-refractivity contribution < 1.29 is 0 Å². The number of nitrogens with two attached hydrogens (primary N) is 1. The zero-order valence-electron chi connectivity index (χ0n) is 11.8. The molecule has 0 spiro atoms. The SMILES string of the molecule is CC(C)n1ncc(Br)c1C1CC(C)(C)CCC1N. The second-order valence-electron chi connectivity index (χ2n) is 6.59. The van der Waals surface area contributed by atoms with Crippen molar-refractivity contribution in [3.8, 4) is 0 Å². The van der Waals surface area contributed by atoms with E-state index in [1.54, 1.807) is 0 Å². The normalized spacial score (nSPS) is 27.7. The van der Waals surface area contributed by atoms with Crippen molar-refractivity contribution in [3.63, 3.8) is 0 Å². The van der Waals surface area contributed by atoms with Crippen molar-refractivity contribution in [1.29, 1.82) is 0 Å². The molecule has 2 atom stereocenters. The maximum atomic E-state index is 6.37. The third-order valence-electron chi connectivity index (χ3n) is 4.07. The van der Waals surface area contributed by atoms with E-state index in [9.17, 15) is 0 Å². The average Bonchev–Trinajstić information content (AvgIpc) is 2.64. The molecule has 0 saturated heterocycles. The van der Waals surface area contributed by atoms with Crippen molar-refractivity contribution in [2.45, 2.75) is 65.0 Å². The molecular weight excluding hydrogens is 290 g/mol. The minimum Gasteiger partial charge on any atom is -0.327 e. The van der Waals surface area contributed by atoms with E-state index in [2.05, 4.69) is 53.4 Å². The number of hydrogen-bond acceptors (Lipinski definition) is 2. The summed E-state index contributed by atoms with van der Waals surface area (Å²) >= 11 is 3.65. The van der Waals surface area contributed by atoms with E-state index in [0.29, 0.717) is 17.4 Å². The Balaban J connectivity index is 2.37. The van der Waals surface area contributed by atoms with Gasteiger partial charge in [0.1, 0.15) is 0 Å². The van der Waals surface area contributed by atoms with Crippen LogP contribution in [-0.4, -0.2) is 15.8 Å². The summed E-state index contributed by atoms with van der Waals surface area (Å²) in [5, 5.41) is 4.49. The first-order valence-corrected chi connectivity index (χ1v) is 7.59. The van der Waals surface area contributed by atoms with Gasteiger partial charge in [-0.1, -0.05) is 13.8 Å². The van der Waals surface area contributed by atoms with Gasteiger partial charge in [0.15, 0.2) is 0 Å². The highest BCUT2D eigenvalue weighted by atomic mass is 79.9. The molecule has 1 aromatic heterocycles. The lowest BCUT2D eigenvalue weighted by Gasteiger charge is -2.39. The molecule has 0 radical (unpaired) electrons. The Morgan fingerprint density at radius 1 is 1.50 bits per heavy atom. The number of nitrogens with zero attached hydrogens (tertiary/aromatic N) is 2. The molecule has 2 rings (SSSR count). The Morgan fingerprint density at radius 3 is 2.78 bits per heavy atom. The fourth-order valence-electron chi connectivity index (χ4n) is 3.02. The van der Waals surface area contributed by atoms with Crippen LogP contribution in [0.15, 0.2) is 10.7 Å². The zero-order valence-corrected chi connectivity index (χ0v) is 13.4. The molecule has 3 nitrogen and oxygen atoms in total. The summed E-state index contributed by atoms with van der Waals surface area (Å²) < 4.78 is 3.23.